The summed E-state index contributed by atoms with van der Waals surface area (Å²) in [5.41, 5.74) is 3.15. The second-order valence-electron chi connectivity index (χ2n) is 9.78. The highest BCUT2D eigenvalue weighted by molar-refractivity contribution is 5.69. The first kappa shape index (κ1) is 20.2. The molecule has 0 spiro atoms. The molecule has 0 N–H and O–H groups in total. The van der Waals surface area contributed by atoms with Crippen molar-refractivity contribution in [2.75, 3.05) is 37.6 Å². The SMILES string of the molecule is CC(C)(C)c1ccc(=O)n(CCN2CCN(c3nccn4nc(C5CC5)cc34)CC2)n1. The molecule has 164 valence electrons. The second-order valence-corrected chi connectivity index (χ2v) is 9.78. The Hall–Kier alpha value is -2.74. The largest absolute Gasteiger partial charge is 0.352 e. The van der Waals surface area contributed by atoms with E-state index in [9.17, 15) is 4.79 Å². The normalized spacial score (nSPS) is 18.1. The first-order valence-corrected chi connectivity index (χ1v) is 11.3. The molecule has 8 nitrogen and oxygen atoms in total. The fourth-order valence-electron chi connectivity index (χ4n) is 4.18. The van der Waals surface area contributed by atoms with E-state index in [1.54, 1.807) is 10.7 Å². The van der Waals surface area contributed by atoms with Crippen LogP contribution < -0.4 is 10.5 Å². The molecule has 5 rings (SSSR count). The number of fused-ring (bicyclic) bond motifs is 1. The van der Waals surface area contributed by atoms with Gasteiger partial charge in [0.2, 0.25) is 0 Å². The van der Waals surface area contributed by atoms with Crippen LogP contribution in [0, 0.1) is 0 Å². The zero-order valence-electron chi connectivity index (χ0n) is 18.7. The maximum absolute atomic E-state index is 12.2. The highest BCUT2D eigenvalue weighted by Gasteiger charge is 2.28. The van der Waals surface area contributed by atoms with Crippen molar-refractivity contribution in [3.8, 4) is 0 Å². The Kier molecular flexibility index (Phi) is 5.04. The van der Waals surface area contributed by atoms with Crippen LogP contribution in [0.4, 0.5) is 5.82 Å². The zero-order valence-corrected chi connectivity index (χ0v) is 18.7. The summed E-state index contributed by atoms with van der Waals surface area (Å²) in [6.45, 7) is 11.5. The van der Waals surface area contributed by atoms with Crippen LogP contribution in [0.25, 0.3) is 5.52 Å². The zero-order chi connectivity index (χ0) is 21.6. The van der Waals surface area contributed by atoms with Crippen LogP contribution in [0.2, 0.25) is 0 Å². The minimum atomic E-state index is -0.0673. The summed E-state index contributed by atoms with van der Waals surface area (Å²) in [5, 5.41) is 9.33. The fourth-order valence-corrected chi connectivity index (χ4v) is 4.18. The van der Waals surface area contributed by atoms with Crippen LogP contribution >= 0.6 is 0 Å². The molecule has 0 aromatic carbocycles. The molecule has 8 heteroatoms. The number of aromatic nitrogens is 5. The molecule has 0 radical (unpaired) electrons. The molecule has 0 atom stereocenters. The van der Waals surface area contributed by atoms with Crippen molar-refractivity contribution >= 4 is 11.3 Å². The van der Waals surface area contributed by atoms with E-state index in [2.05, 4.69) is 46.7 Å². The predicted molar refractivity (Wildman–Crippen MR) is 121 cm³/mol. The van der Waals surface area contributed by atoms with Crippen molar-refractivity contribution in [3.63, 3.8) is 0 Å². The topological polar surface area (TPSA) is 71.6 Å². The molecule has 1 saturated heterocycles. The molecule has 3 aromatic rings. The first-order valence-electron chi connectivity index (χ1n) is 11.3. The van der Waals surface area contributed by atoms with Crippen LogP contribution in [0.5, 0.6) is 0 Å². The van der Waals surface area contributed by atoms with E-state index in [0.717, 1.165) is 49.8 Å². The van der Waals surface area contributed by atoms with Crippen LogP contribution in [-0.2, 0) is 12.0 Å². The van der Waals surface area contributed by atoms with Crippen LogP contribution in [0.1, 0.15) is 50.9 Å². The summed E-state index contributed by atoms with van der Waals surface area (Å²) in [4.78, 5) is 21.7. The molecule has 1 saturated carbocycles. The minimum absolute atomic E-state index is 0.0327. The van der Waals surface area contributed by atoms with Crippen molar-refractivity contribution in [2.24, 2.45) is 0 Å². The van der Waals surface area contributed by atoms with Gasteiger partial charge in [-0.2, -0.15) is 10.2 Å². The van der Waals surface area contributed by atoms with Crippen molar-refractivity contribution in [1.29, 1.82) is 0 Å². The van der Waals surface area contributed by atoms with Crippen LogP contribution in [-0.4, -0.2) is 62.0 Å². The third-order valence-electron chi connectivity index (χ3n) is 6.32. The van der Waals surface area contributed by atoms with Gasteiger partial charge in [-0.3, -0.25) is 9.69 Å². The highest BCUT2D eigenvalue weighted by atomic mass is 16.1. The quantitative estimate of drug-likeness (QED) is 0.629. The van der Waals surface area contributed by atoms with Gasteiger partial charge in [-0.05, 0) is 25.0 Å². The number of hydrogen-bond donors (Lipinski definition) is 0. The molecular formula is C23H31N7O. The minimum Gasteiger partial charge on any atom is -0.352 e. The fraction of sp³-hybridized carbons (Fsp3) is 0.565. The number of nitrogens with zero attached hydrogens (tertiary/aromatic N) is 7. The molecule has 1 aliphatic carbocycles. The van der Waals surface area contributed by atoms with Gasteiger partial charge >= 0.3 is 0 Å². The Balaban J connectivity index is 1.23. The molecule has 31 heavy (non-hydrogen) atoms. The molecule has 0 unspecified atom stereocenters. The third kappa shape index (κ3) is 4.21. The number of piperazine rings is 1. The summed E-state index contributed by atoms with van der Waals surface area (Å²) in [6.07, 6.45) is 6.29. The van der Waals surface area contributed by atoms with Crippen molar-refractivity contribution in [1.82, 2.24) is 29.3 Å². The van der Waals surface area contributed by atoms with Gasteiger partial charge in [0.25, 0.3) is 5.56 Å². The number of anilines is 1. The maximum Gasteiger partial charge on any atom is 0.266 e. The lowest BCUT2D eigenvalue weighted by atomic mass is 9.92. The highest BCUT2D eigenvalue weighted by Crippen LogP contribution is 2.40. The van der Waals surface area contributed by atoms with E-state index in [1.165, 1.54) is 18.5 Å². The molecule has 2 aliphatic rings. The number of hydrogen-bond acceptors (Lipinski definition) is 6. The Morgan fingerprint density at radius 3 is 2.52 bits per heavy atom. The van der Waals surface area contributed by atoms with Gasteiger partial charge in [0, 0.05) is 62.5 Å². The third-order valence-corrected chi connectivity index (χ3v) is 6.32. The van der Waals surface area contributed by atoms with E-state index in [0.29, 0.717) is 12.5 Å². The first-order chi connectivity index (χ1) is 14.9. The van der Waals surface area contributed by atoms with Gasteiger partial charge in [0.05, 0.1) is 17.9 Å². The monoisotopic (exact) mass is 421 g/mol. The molecule has 3 aromatic heterocycles. The van der Waals surface area contributed by atoms with Crippen molar-refractivity contribution in [2.45, 2.75) is 51.5 Å². The summed E-state index contributed by atoms with van der Waals surface area (Å²) >= 11 is 0. The average Bonchev–Trinajstić information content (AvgIpc) is 3.51. The summed E-state index contributed by atoms with van der Waals surface area (Å²) in [6, 6.07) is 5.70. The van der Waals surface area contributed by atoms with E-state index in [-0.39, 0.29) is 11.0 Å². The van der Waals surface area contributed by atoms with Gasteiger partial charge < -0.3 is 4.90 Å². The van der Waals surface area contributed by atoms with Gasteiger partial charge in [-0.1, -0.05) is 20.8 Å². The Labute approximate surface area is 182 Å². The van der Waals surface area contributed by atoms with E-state index < -0.39 is 0 Å². The number of rotatable bonds is 5. The lowest BCUT2D eigenvalue weighted by Gasteiger charge is -2.35. The summed E-state index contributed by atoms with van der Waals surface area (Å²) in [7, 11) is 0. The van der Waals surface area contributed by atoms with Crippen LogP contribution in [0.15, 0.2) is 35.4 Å². The predicted octanol–water partition coefficient (Wildman–Crippen LogP) is 2.28. The van der Waals surface area contributed by atoms with Crippen LogP contribution in [0.3, 0.4) is 0 Å². The van der Waals surface area contributed by atoms with Gasteiger partial charge in [0.15, 0.2) is 5.82 Å². The standard InChI is InChI=1S/C23H31N7O/c1-23(2,3)20-6-7-21(31)30(26-20)15-12-27-10-13-28(14-11-27)22-19-16-18(17-4-5-17)25-29(19)9-8-24-22/h6-9,16-17H,4-5,10-15H2,1-3H3. The Morgan fingerprint density at radius 2 is 1.81 bits per heavy atom. The van der Waals surface area contributed by atoms with Crippen molar-refractivity contribution < 1.29 is 0 Å². The maximum atomic E-state index is 12.2. The molecule has 0 amide bonds. The van der Waals surface area contributed by atoms with E-state index in [1.807, 2.05) is 23.0 Å². The lowest BCUT2D eigenvalue weighted by molar-refractivity contribution is 0.241. The van der Waals surface area contributed by atoms with E-state index >= 15 is 0 Å². The summed E-state index contributed by atoms with van der Waals surface area (Å²) < 4.78 is 3.59. The summed E-state index contributed by atoms with van der Waals surface area (Å²) in [5.74, 6) is 1.66. The van der Waals surface area contributed by atoms with Gasteiger partial charge in [-0.15, -0.1) is 0 Å². The smallest absolute Gasteiger partial charge is 0.266 e. The van der Waals surface area contributed by atoms with Crippen molar-refractivity contribution in [3.05, 3.63) is 52.3 Å². The van der Waals surface area contributed by atoms with E-state index in [4.69, 9.17) is 5.10 Å². The lowest BCUT2D eigenvalue weighted by Crippen LogP contribution is -2.48. The molecule has 4 heterocycles. The average molecular weight is 422 g/mol. The van der Waals surface area contributed by atoms with Gasteiger partial charge in [0.1, 0.15) is 5.52 Å². The molecule has 2 fully saturated rings. The molecule has 0 bridgehead atoms. The Morgan fingerprint density at radius 1 is 1.03 bits per heavy atom. The molecular weight excluding hydrogens is 390 g/mol. The molecule has 1 aliphatic heterocycles. The van der Waals surface area contributed by atoms with Gasteiger partial charge in [-0.25, -0.2) is 14.2 Å². The Bertz CT molecular complexity index is 1130. The second kappa shape index (κ2) is 7.75.